The van der Waals surface area contributed by atoms with Crippen LogP contribution in [0.4, 0.5) is 0 Å². The normalized spacial score (nSPS) is 16.6. The lowest BCUT2D eigenvalue weighted by Gasteiger charge is -2.32. The molecule has 1 fully saturated rings. The first-order chi connectivity index (χ1) is 11.4. The predicted octanol–water partition coefficient (Wildman–Crippen LogP) is 2.87. The molecule has 132 valence electrons. The molecule has 1 aliphatic heterocycles. The smallest absolute Gasteiger partial charge is 0.309 e. The summed E-state index contributed by atoms with van der Waals surface area (Å²) in [6.45, 7) is 9.15. The summed E-state index contributed by atoms with van der Waals surface area (Å²) in [5, 5.41) is 0. The second kappa shape index (κ2) is 8.18. The van der Waals surface area contributed by atoms with Crippen LogP contribution < -0.4 is 4.74 Å². The predicted molar refractivity (Wildman–Crippen MR) is 91.9 cm³/mol. The third-order valence-corrected chi connectivity index (χ3v) is 4.63. The lowest BCUT2D eigenvalue weighted by molar-refractivity contribution is -0.152. The quantitative estimate of drug-likeness (QED) is 0.778. The minimum atomic E-state index is -0.537. The Balaban J connectivity index is 1.90. The number of amides is 1. The second-order valence-electron chi connectivity index (χ2n) is 6.31. The van der Waals surface area contributed by atoms with Crippen LogP contribution in [0.3, 0.4) is 0 Å². The van der Waals surface area contributed by atoms with E-state index >= 15 is 0 Å². The van der Waals surface area contributed by atoms with Gasteiger partial charge in [-0.3, -0.25) is 9.59 Å². The van der Waals surface area contributed by atoms with Crippen molar-refractivity contribution in [1.82, 2.24) is 4.90 Å². The summed E-state index contributed by atoms with van der Waals surface area (Å²) in [7, 11) is 0. The lowest BCUT2D eigenvalue weighted by atomic mass is 9.96. The Morgan fingerprint density at radius 3 is 2.54 bits per heavy atom. The molecule has 0 unspecified atom stereocenters. The van der Waals surface area contributed by atoms with E-state index in [0.717, 1.165) is 16.9 Å². The maximum atomic E-state index is 12.6. The summed E-state index contributed by atoms with van der Waals surface area (Å²) >= 11 is 0. The molecule has 1 atom stereocenters. The third-order valence-electron chi connectivity index (χ3n) is 4.63. The minimum Gasteiger partial charge on any atom is -0.481 e. The zero-order valence-corrected chi connectivity index (χ0v) is 15.0. The summed E-state index contributed by atoms with van der Waals surface area (Å²) in [6, 6.07) is 5.84. The Hall–Kier alpha value is -2.04. The number of esters is 1. The number of piperidine rings is 1. The first kappa shape index (κ1) is 18.3. The van der Waals surface area contributed by atoms with Gasteiger partial charge in [-0.15, -0.1) is 0 Å². The number of carbonyl (C=O) groups is 2. The highest BCUT2D eigenvalue weighted by molar-refractivity contribution is 5.81. The van der Waals surface area contributed by atoms with Gasteiger partial charge >= 0.3 is 5.97 Å². The van der Waals surface area contributed by atoms with E-state index in [2.05, 4.69) is 0 Å². The molecule has 5 nitrogen and oxygen atoms in total. The van der Waals surface area contributed by atoms with Gasteiger partial charge in [-0.2, -0.15) is 0 Å². The molecule has 1 aliphatic rings. The maximum Gasteiger partial charge on any atom is 0.309 e. The number of likely N-dealkylation sites (tertiary alicyclic amines) is 1. The number of hydrogen-bond acceptors (Lipinski definition) is 4. The van der Waals surface area contributed by atoms with E-state index in [1.807, 2.05) is 39.0 Å². The van der Waals surface area contributed by atoms with Gasteiger partial charge in [0.05, 0.1) is 12.5 Å². The van der Waals surface area contributed by atoms with Gasteiger partial charge < -0.3 is 14.4 Å². The molecule has 2 rings (SSSR count). The van der Waals surface area contributed by atoms with Gasteiger partial charge in [0.1, 0.15) is 5.75 Å². The molecule has 0 bridgehead atoms. The maximum absolute atomic E-state index is 12.6. The van der Waals surface area contributed by atoms with Crippen molar-refractivity contribution in [3.63, 3.8) is 0 Å². The van der Waals surface area contributed by atoms with E-state index in [1.54, 1.807) is 11.8 Å². The van der Waals surface area contributed by atoms with E-state index in [-0.39, 0.29) is 17.8 Å². The molecule has 0 radical (unpaired) electrons. The highest BCUT2D eigenvalue weighted by atomic mass is 16.5. The molecule has 0 aliphatic carbocycles. The molecule has 1 saturated heterocycles. The molecule has 0 aromatic heterocycles. The third kappa shape index (κ3) is 4.28. The molecular formula is C19H27NO4. The van der Waals surface area contributed by atoms with Crippen LogP contribution in [0, 0.1) is 19.8 Å². The van der Waals surface area contributed by atoms with Gasteiger partial charge in [0.2, 0.25) is 0 Å². The number of rotatable bonds is 5. The van der Waals surface area contributed by atoms with Crippen molar-refractivity contribution in [3.05, 3.63) is 29.3 Å². The molecule has 24 heavy (non-hydrogen) atoms. The topological polar surface area (TPSA) is 55.8 Å². The van der Waals surface area contributed by atoms with Gasteiger partial charge in [0, 0.05) is 13.1 Å². The van der Waals surface area contributed by atoms with Gasteiger partial charge in [0.25, 0.3) is 5.91 Å². The van der Waals surface area contributed by atoms with Crippen molar-refractivity contribution in [3.8, 4) is 5.75 Å². The van der Waals surface area contributed by atoms with Crippen molar-refractivity contribution >= 4 is 11.9 Å². The Bertz CT molecular complexity index is 591. The number of benzene rings is 1. The van der Waals surface area contributed by atoms with Crippen molar-refractivity contribution in [2.24, 2.45) is 5.92 Å². The summed E-state index contributed by atoms with van der Waals surface area (Å²) in [6.07, 6.45) is 0.770. The van der Waals surface area contributed by atoms with E-state index in [9.17, 15) is 9.59 Å². The molecule has 0 N–H and O–H groups in total. The Morgan fingerprint density at radius 2 is 1.92 bits per heavy atom. The molecular weight excluding hydrogens is 306 g/mol. The van der Waals surface area contributed by atoms with Crippen LogP contribution >= 0.6 is 0 Å². The van der Waals surface area contributed by atoms with Crippen LogP contribution in [-0.4, -0.2) is 42.6 Å². The fraction of sp³-hybridized carbons (Fsp3) is 0.579. The number of nitrogens with zero attached hydrogens (tertiary/aromatic N) is 1. The Kier molecular flexibility index (Phi) is 6.23. The van der Waals surface area contributed by atoms with E-state index in [4.69, 9.17) is 9.47 Å². The molecule has 1 amide bonds. The largest absolute Gasteiger partial charge is 0.481 e. The average Bonchev–Trinajstić information content (AvgIpc) is 2.58. The first-order valence-electron chi connectivity index (χ1n) is 8.62. The van der Waals surface area contributed by atoms with Gasteiger partial charge in [-0.05, 0) is 57.7 Å². The van der Waals surface area contributed by atoms with Crippen molar-refractivity contribution < 1.29 is 19.1 Å². The summed E-state index contributed by atoms with van der Waals surface area (Å²) in [5.41, 5.74) is 2.19. The van der Waals surface area contributed by atoms with E-state index in [1.165, 1.54) is 0 Å². The molecule has 0 spiro atoms. The average molecular weight is 333 g/mol. The zero-order chi connectivity index (χ0) is 17.7. The van der Waals surface area contributed by atoms with Crippen LogP contribution in [-0.2, 0) is 14.3 Å². The molecule has 1 aromatic carbocycles. The molecule has 0 saturated carbocycles. The summed E-state index contributed by atoms with van der Waals surface area (Å²) in [4.78, 5) is 26.1. The fourth-order valence-electron chi connectivity index (χ4n) is 2.95. The highest BCUT2D eigenvalue weighted by Gasteiger charge is 2.30. The zero-order valence-electron chi connectivity index (χ0n) is 15.0. The summed E-state index contributed by atoms with van der Waals surface area (Å²) in [5.74, 6) is 0.476. The van der Waals surface area contributed by atoms with Crippen molar-refractivity contribution in [1.29, 1.82) is 0 Å². The lowest BCUT2D eigenvalue weighted by Crippen LogP contribution is -2.46. The minimum absolute atomic E-state index is 0.0294. The van der Waals surface area contributed by atoms with E-state index < -0.39 is 6.10 Å². The van der Waals surface area contributed by atoms with Crippen molar-refractivity contribution in [2.75, 3.05) is 19.7 Å². The number of hydrogen-bond donors (Lipinski definition) is 0. The van der Waals surface area contributed by atoms with Crippen LogP contribution in [0.25, 0.3) is 0 Å². The number of aryl methyl sites for hydroxylation is 1. The van der Waals surface area contributed by atoms with Crippen LogP contribution in [0.2, 0.25) is 0 Å². The monoisotopic (exact) mass is 333 g/mol. The molecule has 1 heterocycles. The van der Waals surface area contributed by atoms with E-state index in [0.29, 0.717) is 32.5 Å². The van der Waals surface area contributed by atoms with Gasteiger partial charge in [0.15, 0.2) is 6.10 Å². The van der Waals surface area contributed by atoms with Gasteiger partial charge in [-0.1, -0.05) is 12.1 Å². The summed E-state index contributed by atoms with van der Waals surface area (Å²) < 4.78 is 10.9. The SMILES string of the molecule is CCOC(=O)C1CCN(C(=O)[C@H](C)Oc2cccc(C)c2C)CC1. The number of carbonyl (C=O) groups excluding carboxylic acids is 2. The van der Waals surface area contributed by atoms with Crippen LogP contribution in [0.15, 0.2) is 18.2 Å². The van der Waals surface area contributed by atoms with Crippen LogP contribution in [0.1, 0.15) is 37.8 Å². The Labute approximate surface area is 143 Å². The number of ether oxygens (including phenoxy) is 2. The standard InChI is InChI=1S/C19H27NO4/c1-5-23-19(22)16-9-11-20(12-10-16)18(21)15(4)24-17-8-6-7-13(2)14(17)3/h6-8,15-16H,5,9-12H2,1-4H3/t15-/m0/s1. The molecule has 1 aromatic rings. The Morgan fingerprint density at radius 1 is 1.25 bits per heavy atom. The first-order valence-corrected chi connectivity index (χ1v) is 8.62. The van der Waals surface area contributed by atoms with Crippen LogP contribution in [0.5, 0.6) is 5.75 Å². The fourth-order valence-corrected chi connectivity index (χ4v) is 2.95. The van der Waals surface area contributed by atoms with Crippen molar-refractivity contribution in [2.45, 2.75) is 46.6 Å². The van der Waals surface area contributed by atoms with Gasteiger partial charge in [-0.25, -0.2) is 0 Å². The second-order valence-corrected chi connectivity index (χ2v) is 6.31. The highest BCUT2D eigenvalue weighted by Crippen LogP contribution is 2.23. The molecule has 5 heteroatoms.